The Bertz CT molecular complexity index is 888. The van der Waals surface area contributed by atoms with Crippen molar-refractivity contribution in [2.45, 2.75) is 51.4 Å². The van der Waals surface area contributed by atoms with Crippen LogP contribution in [0, 0.1) is 11.7 Å². The number of halogens is 2. The van der Waals surface area contributed by atoms with Crippen molar-refractivity contribution < 1.29 is 18.7 Å². The second-order valence-electron chi connectivity index (χ2n) is 8.17. The smallest absolute Gasteiger partial charge is 0.222 e. The maximum absolute atomic E-state index is 14.8. The number of amides is 1. The van der Waals surface area contributed by atoms with E-state index in [1.54, 1.807) is 18.2 Å². The molecule has 0 bridgehead atoms. The molecular formula is C23H27ClFNO3. The standard InChI is InChI=1S/C23H27ClFNO3/c1-14(2)22(27)26-23(3)12-20(15-6-5-7-16(24)10-15)29-21(13-23)18-9-8-17(28-4)11-19(18)25/h5-11,14,20-21H,12-13H2,1-4H3,(H,26,27)/t20-,21+,23+/m0/s1. The first-order valence-electron chi connectivity index (χ1n) is 9.77. The highest BCUT2D eigenvalue weighted by molar-refractivity contribution is 6.30. The van der Waals surface area contributed by atoms with E-state index in [1.165, 1.54) is 13.2 Å². The van der Waals surface area contributed by atoms with Gasteiger partial charge in [-0.2, -0.15) is 0 Å². The SMILES string of the molecule is COc1ccc([C@H]2C[C@](C)(NC(=O)C(C)C)C[C@@H](c3cccc(Cl)c3)O2)c(F)c1. The van der Waals surface area contributed by atoms with E-state index in [-0.39, 0.29) is 17.9 Å². The van der Waals surface area contributed by atoms with E-state index in [4.69, 9.17) is 21.1 Å². The van der Waals surface area contributed by atoms with E-state index in [1.807, 2.05) is 39.0 Å². The molecule has 3 atom stereocenters. The molecule has 1 fully saturated rings. The molecular weight excluding hydrogens is 393 g/mol. The van der Waals surface area contributed by atoms with Crippen molar-refractivity contribution >= 4 is 17.5 Å². The summed E-state index contributed by atoms with van der Waals surface area (Å²) in [7, 11) is 1.50. The Morgan fingerprint density at radius 3 is 2.59 bits per heavy atom. The molecule has 1 aliphatic rings. The number of ether oxygens (including phenoxy) is 2. The van der Waals surface area contributed by atoms with E-state index < -0.39 is 17.5 Å². The number of hydrogen-bond donors (Lipinski definition) is 1. The van der Waals surface area contributed by atoms with Crippen LogP contribution in [0.1, 0.15) is 56.9 Å². The topological polar surface area (TPSA) is 47.6 Å². The Kier molecular flexibility index (Phi) is 6.49. The molecule has 156 valence electrons. The molecule has 2 aromatic rings. The Labute approximate surface area is 176 Å². The van der Waals surface area contributed by atoms with Crippen molar-refractivity contribution in [3.8, 4) is 5.75 Å². The van der Waals surface area contributed by atoms with E-state index in [0.717, 1.165) is 5.56 Å². The summed E-state index contributed by atoms with van der Waals surface area (Å²) in [4.78, 5) is 12.4. The summed E-state index contributed by atoms with van der Waals surface area (Å²) in [6.45, 7) is 5.70. The second kappa shape index (κ2) is 8.72. The normalized spacial score (nSPS) is 24.4. The van der Waals surface area contributed by atoms with Gasteiger partial charge >= 0.3 is 0 Å². The number of rotatable bonds is 5. The average Bonchev–Trinajstić information content (AvgIpc) is 2.66. The third kappa shape index (κ3) is 5.09. The van der Waals surface area contributed by atoms with E-state index in [9.17, 15) is 9.18 Å². The fourth-order valence-electron chi connectivity index (χ4n) is 3.72. The Morgan fingerprint density at radius 1 is 1.24 bits per heavy atom. The van der Waals surface area contributed by atoms with Gasteiger partial charge in [-0.15, -0.1) is 0 Å². The molecule has 1 N–H and O–H groups in total. The fourth-order valence-corrected chi connectivity index (χ4v) is 3.92. The van der Waals surface area contributed by atoms with Crippen LogP contribution in [0.25, 0.3) is 0 Å². The quantitative estimate of drug-likeness (QED) is 0.685. The zero-order chi connectivity index (χ0) is 21.2. The lowest BCUT2D eigenvalue weighted by Gasteiger charge is -2.43. The molecule has 2 aromatic carbocycles. The van der Waals surface area contributed by atoms with Gasteiger partial charge in [0.2, 0.25) is 5.91 Å². The van der Waals surface area contributed by atoms with Crippen LogP contribution < -0.4 is 10.1 Å². The largest absolute Gasteiger partial charge is 0.497 e. The van der Waals surface area contributed by atoms with Crippen LogP contribution in [0.2, 0.25) is 5.02 Å². The van der Waals surface area contributed by atoms with Gasteiger partial charge in [-0.05, 0) is 36.8 Å². The Hall–Kier alpha value is -2.11. The molecule has 29 heavy (non-hydrogen) atoms. The molecule has 0 unspecified atom stereocenters. The maximum atomic E-state index is 14.8. The number of carbonyl (C=O) groups excluding carboxylic acids is 1. The van der Waals surface area contributed by atoms with Crippen molar-refractivity contribution in [3.05, 3.63) is 64.4 Å². The van der Waals surface area contributed by atoms with Crippen LogP contribution in [-0.2, 0) is 9.53 Å². The lowest BCUT2D eigenvalue weighted by Crippen LogP contribution is -2.52. The zero-order valence-corrected chi connectivity index (χ0v) is 17.9. The predicted octanol–water partition coefficient (Wildman–Crippen LogP) is 5.61. The fraction of sp³-hybridized carbons (Fsp3) is 0.435. The third-order valence-corrected chi connectivity index (χ3v) is 5.56. The number of methoxy groups -OCH3 is 1. The van der Waals surface area contributed by atoms with Crippen molar-refractivity contribution in [3.63, 3.8) is 0 Å². The highest BCUT2D eigenvalue weighted by Gasteiger charge is 2.41. The lowest BCUT2D eigenvalue weighted by molar-refractivity contribution is -0.131. The van der Waals surface area contributed by atoms with Gasteiger partial charge in [0.05, 0.1) is 19.3 Å². The van der Waals surface area contributed by atoms with E-state index in [0.29, 0.717) is 29.2 Å². The van der Waals surface area contributed by atoms with Gasteiger partial charge in [-0.25, -0.2) is 4.39 Å². The van der Waals surface area contributed by atoms with Crippen molar-refractivity contribution in [2.24, 2.45) is 5.92 Å². The minimum Gasteiger partial charge on any atom is -0.497 e. The van der Waals surface area contributed by atoms with E-state index >= 15 is 0 Å². The molecule has 1 aliphatic heterocycles. The summed E-state index contributed by atoms with van der Waals surface area (Å²) < 4.78 is 26.2. The summed E-state index contributed by atoms with van der Waals surface area (Å²) >= 11 is 6.17. The molecule has 6 heteroatoms. The van der Waals surface area contributed by atoms with Crippen LogP contribution in [-0.4, -0.2) is 18.6 Å². The molecule has 0 aliphatic carbocycles. The van der Waals surface area contributed by atoms with E-state index in [2.05, 4.69) is 5.32 Å². The van der Waals surface area contributed by atoms with Gasteiger partial charge in [0.25, 0.3) is 0 Å². The Balaban J connectivity index is 1.96. The molecule has 3 rings (SSSR count). The van der Waals surface area contributed by atoms with Crippen LogP contribution in [0.15, 0.2) is 42.5 Å². The summed E-state index contributed by atoms with van der Waals surface area (Å²) in [5.74, 6) is -0.119. The Morgan fingerprint density at radius 2 is 1.97 bits per heavy atom. The summed E-state index contributed by atoms with van der Waals surface area (Å²) in [5.41, 5.74) is 0.799. The number of carbonyl (C=O) groups is 1. The average molecular weight is 420 g/mol. The minimum atomic E-state index is -0.552. The molecule has 4 nitrogen and oxygen atoms in total. The predicted molar refractivity (Wildman–Crippen MR) is 112 cm³/mol. The van der Waals surface area contributed by atoms with Gasteiger partial charge in [-0.3, -0.25) is 4.79 Å². The van der Waals surface area contributed by atoms with Crippen LogP contribution in [0.5, 0.6) is 5.75 Å². The van der Waals surface area contributed by atoms with Crippen LogP contribution in [0.3, 0.4) is 0 Å². The second-order valence-corrected chi connectivity index (χ2v) is 8.61. The lowest BCUT2D eigenvalue weighted by atomic mass is 9.81. The number of hydrogen-bond acceptors (Lipinski definition) is 3. The van der Waals surface area contributed by atoms with Crippen LogP contribution >= 0.6 is 11.6 Å². The maximum Gasteiger partial charge on any atom is 0.222 e. The van der Waals surface area contributed by atoms with Gasteiger partial charge in [0.15, 0.2) is 0 Å². The molecule has 0 radical (unpaired) electrons. The molecule has 1 heterocycles. The molecule has 1 amide bonds. The minimum absolute atomic E-state index is 0.0341. The highest BCUT2D eigenvalue weighted by Crippen LogP contribution is 2.45. The number of nitrogens with one attached hydrogen (secondary N) is 1. The van der Waals surface area contributed by atoms with Gasteiger partial charge in [-0.1, -0.05) is 37.6 Å². The van der Waals surface area contributed by atoms with Crippen molar-refractivity contribution in [2.75, 3.05) is 7.11 Å². The molecule has 1 saturated heterocycles. The zero-order valence-electron chi connectivity index (χ0n) is 17.2. The molecule has 0 spiro atoms. The first kappa shape index (κ1) is 21.6. The first-order chi connectivity index (χ1) is 13.7. The first-order valence-corrected chi connectivity index (χ1v) is 10.1. The van der Waals surface area contributed by atoms with Gasteiger partial charge < -0.3 is 14.8 Å². The highest BCUT2D eigenvalue weighted by atomic mass is 35.5. The van der Waals surface area contributed by atoms with Gasteiger partial charge in [0, 0.05) is 41.0 Å². The summed E-state index contributed by atoms with van der Waals surface area (Å²) in [6, 6.07) is 12.2. The molecule has 0 aromatic heterocycles. The monoisotopic (exact) mass is 419 g/mol. The van der Waals surface area contributed by atoms with Crippen LogP contribution in [0.4, 0.5) is 4.39 Å². The summed E-state index contributed by atoms with van der Waals surface area (Å²) in [6.07, 6.45) is 0.189. The van der Waals surface area contributed by atoms with Crippen molar-refractivity contribution in [1.82, 2.24) is 5.32 Å². The molecule has 0 saturated carbocycles. The van der Waals surface area contributed by atoms with Crippen molar-refractivity contribution in [1.29, 1.82) is 0 Å². The third-order valence-electron chi connectivity index (χ3n) is 5.32. The summed E-state index contributed by atoms with van der Waals surface area (Å²) in [5, 5.41) is 3.76. The number of benzene rings is 2. The van der Waals surface area contributed by atoms with Gasteiger partial charge in [0.1, 0.15) is 11.6 Å².